The molecule has 0 amide bonds. The SMILES string of the molecule is O=[N+]([O-])c1cccc(Cl)c1-c1cnc(CCl)o1. The maximum absolute atomic E-state index is 10.9. The van der Waals surface area contributed by atoms with Crippen LogP contribution in [0.3, 0.4) is 0 Å². The topological polar surface area (TPSA) is 69.2 Å². The van der Waals surface area contributed by atoms with Gasteiger partial charge < -0.3 is 4.42 Å². The van der Waals surface area contributed by atoms with Gasteiger partial charge in [0.25, 0.3) is 5.69 Å². The average molecular weight is 273 g/mol. The van der Waals surface area contributed by atoms with Crippen LogP contribution in [-0.4, -0.2) is 9.91 Å². The van der Waals surface area contributed by atoms with Crippen LogP contribution in [0.15, 0.2) is 28.8 Å². The van der Waals surface area contributed by atoms with Crippen LogP contribution in [0.4, 0.5) is 5.69 Å². The lowest BCUT2D eigenvalue weighted by Crippen LogP contribution is -1.91. The molecule has 0 bridgehead atoms. The lowest BCUT2D eigenvalue weighted by atomic mass is 10.1. The van der Waals surface area contributed by atoms with Crippen molar-refractivity contribution >= 4 is 28.9 Å². The summed E-state index contributed by atoms with van der Waals surface area (Å²) in [5, 5.41) is 11.1. The number of nitro groups is 1. The summed E-state index contributed by atoms with van der Waals surface area (Å²) in [5.41, 5.74) is 0.0813. The second-order valence-electron chi connectivity index (χ2n) is 3.14. The van der Waals surface area contributed by atoms with Gasteiger partial charge in [0.15, 0.2) is 5.76 Å². The summed E-state index contributed by atoms with van der Waals surface area (Å²) in [6.45, 7) is 0. The molecule has 0 radical (unpaired) electrons. The molecule has 2 aromatic rings. The van der Waals surface area contributed by atoms with E-state index in [2.05, 4.69) is 4.98 Å². The Hall–Kier alpha value is -1.59. The van der Waals surface area contributed by atoms with Crippen molar-refractivity contribution in [1.82, 2.24) is 4.98 Å². The van der Waals surface area contributed by atoms with E-state index in [-0.39, 0.29) is 33.8 Å². The summed E-state index contributed by atoms with van der Waals surface area (Å²) in [7, 11) is 0. The largest absolute Gasteiger partial charge is 0.439 e. The summed E-state index contributed by atoms with van der Waals surface area (Å²) in [4.78, 5) is 14.2. The number of aromatic nitrogens is 1. The van der Waals surface area contributed by atoms with E-state index in [4.69, 9.17) is 27.6 Å². The summed E-state index contributed by atoms with van der Waals surface area (Å²) >= 11 is 11.5. The first-order chi connectivity index (χ1) is 8.13. The zero-order chi connectivity index (χ0) is 12.4. The summed E-state index contributed by atoms with van der Waals surface area (Å²) in [6.07, 6.45) is 1.37. The second kappa shape index (κ2) is 4.73. The van der Waals surface area contributed by atoms with Crippen molar-refractivity contribution in [1.29, 1.82) is 0 Å². The van der Waals surface area contributed by atoms with E-state index in [1.807, 2.05) is 0 Å². The molecule has 2 rings (SSSR count). The van der Waals surface area contributed by atoms with Crippen molar-refractivity contribution in [2.24, 2.45) is 0 Å². The Balaban J connectivity index is 2.61. The molecule has 0 aliphatic carbocycles. The average Bonchev–Trinajstić information content (AvgIpc) is 2.76. The molecule has 0 atom stereocenters. The molecule has 17 heavy (non-hydrogen) atoms. The van der Waals surface area contributed by atoms with Gasteiger partial charge in [0.1, 0.15) is 5.56 Å². The molecule has 1 aromatic heterocycles. The Morgan fingerprint density at radius 3 is 2.82 bits per heavy atom. The minimum absolute atomic E-state index is 0.0955. The van der Waals surface area contributed by atoms with Crippen LogP contribution in [-0.2, 0) is 5.88 Å². The van der Waals surface area contributed by atoms with E-state index in [0.717, 1.165) is 0 Å². The number of hydrogen-bond acceptors (Lipinski definition) is 4. The van der Waals surface area contributed by atoms with Crippen molar-refractivity contribution in [3.63, 3.8) is 0 Å². The smallest absolute Gasteiger partial charge is 0.281 e. The Bertz CT molecular complexity index is 568. The van der Waals surface area contributed by atoms with Crippen molar-refractivity contribution in [3.8, 4) is 11.3 Å². The first kappa shape index (κ1) is 11.9. The fraction of sp³-hybridized carbons (Fsp3) is 0.100. The predicted octanol–water partition coefficient (Wildman–Crippen LogP) is 3.64. The zero-order valence-corrected chi connectivity index (χ0v) is 9.90. The van der Waals surface area contributed by atoms with E-state index in [9.17, 15) is 10.1 Å². The number of rotatable bonds is 3. The maximum atomic E-state index is 10.9. The molecule has 5 nitrogen and oxygen atoms in total. The van der Waals surface area contributed by atoms with Gasteiger partial charge in [0.05, 0.1) is 22.0 Å². The molecule has 0 saturated carbocycles. The highest BCUT2D eigenvalue weighted by Gasteiger charge is 2.21. The number of nitrogens with zero attached hydrogens (tertiary/aromatic N) is 2. The van der Waals surface area contributed by atoms with Crippen molar-refractivity contribution in [2.45, 2.75) is 5.88 Å². The minimum atomic E-state index is -0.524. The molecule has 0 saturated heterocycles. The normalized spacial score (nSPS) is 10.5. The monoisotopic (exact) mass is 272 g/mol. The highest BCUT2D eigenvalue weighted by atomic mass is 35.5. The number of nitro benzene ring substituents is 1. The molecule has 0 spiro atoms. The van der Waals surface area contributed by atoms with E-state index in [1.165, 1.54) is 18.3 Å². The van der Waals surface area contributed by atoms with Gasteiger partial charge in [0, 0.05) is 6.07 Å². The Morgan fingerprint density at radius 2 is 2.24 bits per heavy atom. The van der Waals surface area contributed by atoms with E-state index >= 15 is 0 Å². The molecule has 7 heteroatoms. The van der Waals surface area contributed by atoms with Gasteiger partial charge in [-0.1, -0.05) is 17.7 Å². The van der Waals surface area contributed by atoms with Crippen LogP contribution in [0, 0.1) is 10.1 Å². The fourth-order valence-corrected chi connectivity index (χ4v) is 1.78. The second-order valence-corrected chi connectivity index (χ2v) is 3.82. The van der Waals surface area contributed by atoms with Gasteiger partial charge in [-0.05, 0) is 6.07 Å². The van der Waals surface area contributed by atoms with Gasteiger partial charge in [-0.2, -0.15) is 0 Å². The van der Waals surface area contributed by atoms with Crippen molar-refractivity contribution < 1.29 is 9.34 Å². The molecule has 88 valence electrons. The Labute approximate surface area is 106 Å². The Morgan fingerprint density at radius 1 is 1.47 bits per heavy atom. The molecule has 0 N–H and O–H groups in total. The van der Waals surface area contributed by atoms with E-state index < -0.39 is 4.92 Å². The number of oxazole rings is 1. The Kier molecular flexibility index (Phi) is 3.31. The number of alkyl halides is 1. The quantitative estimate of drug-likeness (QED) is 0.486. The van der Waals surface area contributed by atoms with Gasteiger partial charge >= 0.3 is 0 Å². The third-order valence-corrected chi connectivity index (χ3v) is 2.65. The first-order valence-corrected chi connectivity index (χ1v) is 5.48. The molecule has 0 aliphatic rings. The van der Waals surface area contributed by atoms with Crippen LogP contribution in [0.2, 0.25) is 5.02 Å². The molecule has 0 unspecified atom stereocenters. The van der Waals surface area contributed by atoms with Crippen molar-refractivity contribution in [2.75, 3.05) is 0 Å². The first-order valence-electron chi connectivity index (χ1n) is 4.57. The zero-order valence-electron chi connectivity index (χ0n) is 8.39. The molecular weight excluding hydrogens is 267 g/mol. The van der Waals surface area contributed by atoms with Crippen LogP contribution < -0.4 is 0 Å². The molecule has 0 fully saturated rings. The van der Waals surface area contributed by atoms with Gasteiger partial charge in [0.2, 0.25) is 5.89 Å². The predicted molar refractivity (Wildman–Crippen MR) is 63.2 cm³/mol. The standard InChI is InChI=1S/C10H6Cl2N2O3/c11-4-9-13-5-8(17-9)10-6(12)2-1-3-7(10)14(15)16/h1-3,5H,4H2. The molecule has 1 aromatic carbocycles. The number of halogens is 2. The minimum Gasteiger partial charge on any atom is -0.439 e. The number of hydrogen-bond donors (Lipinski definition) is 0. The van der Waals surface area contributed by atoms with Crippen LogP contribution in [0.5, 0.6) is 0 Å². The van der Waals surface area contributed by atoms with E-state index in [0.29, 0.717) is 0 Å². The van der Waals surface area contributed by atoms with Crippen LogP contribution in [0.1, 0.15) is 5.89 Å². The fourth-order valence-electron chi connectivity index (χ4n) is 1.40. The lowest BCUT2D eigenvalue weighted by Gasteiger charge is -2.01. The highest BCUT2D eigenvalue weighted by Crippen LogP contribution is 2.36. The maximum Gasteiger partial charge on any atom is 0.281 e. The third kappa shape index (κ3) is 2.25. The summed E-state index contributed by atoms with van der Waals surface area (Å²) in [6, 6.07) is 4.40. The van der Waals surface area contributed by atoms with Gasteiger partial charge in [-0.15, -0.1) is 11.6 Å². The van der Waals surface area contributed by atoms with Crippen LogP contribution in [0.25, 0.3) is 11.3 Å². The van der Waals surface area contributed by atoms with Gasteiger partial charge in [-0.25, -0.2) is 4.98 Å². The number of benzene rings is 1. The van der Waals surface area contributed by atoms with E-state index in [1.54, 1.807) is 6.07 Å². The lowest BCUT2D eigenvalue weighted by molar-refractivity contribution is -0.384. The molecule has 0 aliphatic heterocycles. The third-order valence-electron chi connectivity index (χ3n) is 2.10. The summed E-state index contributed by atoms with van der Waals surface area (Å²) < 4.78 is 5.26. The van der Waals surface area contributed by atoms with Crippen molar-refractivity contribution in [3.05, 3.63) is 45.4 Å². The van der Waals surface area contributed by atoms with Crippen LogP contribution >= 0.6 is 23.2 Å². The summed E-state index contributed by atoms with van der Waals surface area (Å²) in [5.74, 6) is 0.618. The molecule has 1 heterocycles. The molecular formula is C10H6Cl2N2O3. The highest BCUT2D eigenvalue weighted by molar-refractivity contribution is 6.33. The van der Waals surface area contributed by atoms with Gasteiger partial charge in [-0.3, -0.25) is 10.1 Å².